The number of benzene rings is 1. The molecule has 0 aliphatic heterocycles. The monoisotopic (exact) mass is 269 g/mol. The zero-order chi connectivity index (χ0) is 13.2. The van der Waals surface area contributed by atoms with E-state index in [1.54, 1.807) is 30.0 Å². The molecule has 1 aromatic rings. The zero-order valence-electron chi connectivity index (χ0n) is 10.2. The van der Waals surface area contributed by atoms with Gasteiger partial charge in [-0.05, 0) is 30.9 Å². The van der Waals surface area contributed by atoms with E-state index in [1.807, 2.05) is 6.07 Å². The van der Waals surface area contributed by atoms with Crippen LogP contribution in [0.4, 0.5) is 0 Å². The topological polar surface area (TPSA) is 90.4 Å². The van der Waals surface area contributed by atoms with Crippen LogP contribution in [0, 0.1) is 0 Å². The third-order valence-corrected chi connectivity index (χ3v) is 3.27. The molecule has 0 aromatic heterocycles. The van der Waals surface area contributed by atoms with Crippen LogP contribution in [0.15, 0.2) is 24.3 Å². The minimum atomic E-state index is -0.346. The highest BCUT2D eigenvalue weighted by Crippen LogP contribution is 2.17. The smallest absolute Gasteiger partial charge is 0.268 e. The molecule has 1 amide bonds. The molecule has 1 aromatic carbocycles. The summed E-state index contributed by atoms with van der Waals surface area (Å²) >= 11 is 1.79. The summed E-state index contributed by atoms with van der Waals surface area (Å²) in [6.45, 7) is 1.28. The van der Waals surface area contributed by atoms with Crippen LogP contribution >= 0.6 is 11.8 Å². The van der Waals surface area contributed by atoms with Crippen molar-refractivity contribution in [2.24, 2.45) is 11.6 Å². The van der Waals surface area contributed by atoms with E-state index in [4.69, 9.17) is 16.3 Å². The number of thioether (sulfide) groups is 1. The summed E-state index contributed by atoms with van der Waals surface area (Å²) in [6.07, 6.45) is 1.01. The SMILES string of the molecule is NCCCSCCOc1ccccc1C(=O)NN. The van der Waals surface area contributed by atoms with Gasteiger partial charge < -0.3 is 10.5 Å². The van der Waals surface area contributed by atoms with Crippen molar-refractivity contribution in [3.05, 3.63) is 29.8 Å². The summed E-state index contributed by atoms with van der Waals surface area (Å²) in [5.74, 6) is 7.23. The Morgan fingerprint density at radius 3 is 2.83 bits per heavy atom. The van der Waals surface area contributed by atoms with Crippen molar-refractivity contribution in [3.63, 3.8) is 0 Å². The minimum absolute atomic E-state index is 0.346. The van der Waals surface area contributed by atoms with Gasteiger partial charge in [-0.15, -0.1) is 0 Å². The molecule has 0 atom stereocenters. The predicted octanol–water partition coefficient (Wildman–Crippen LogP) is 0.751. The summed E-state index contributed by atoms with van der Waals surface area (Å²) in [6, 6.07) is 7.03. The van der Waals surface area contributed by atoms with Gasteiger partial charge in [0, 0.05) is 5.75 Å². The Kier molecular flexibility index (Phi) is 7.24. The number of rotatable bonds is 8. The van der Waals surface area contributed by atoms with Crippen molar-refractivity contribution in [1.29, 1.82) is 0 Å². The number of ether oxygens (including phenoxy) is 1. The Labute approximate surface area is 111 Å². The van der Waals surface area contributed by atoms with Crippen LogP contribution in [0.25, 0.3) is 0 Å². The van der Waals surface area contributed by atoms with E-state index in [-0.39, 0.29) is 5.91 Å². The highest BCUT2D eigenvalue weighted by Gasteiger charge is 2.09. The van der Waals surface area contributed by atoms with E-state index >= 15 is 0 Å². The lowest BCUT2D eigenvalue weighted by Crippen LogP contribution is -2.30. The predicted molar refractivity (Wildman–Crippen MR) is 74.6 cm³/mol. The molecule has 0 saturated carbocycles. The Bertz CT molecular complexity index is 374. The molecular formula is C12H19N3O2S. The molecule has 0 heterocycles. The number of hydrogen-bond donors (Lipinski definition) is 3. The van der Waals surface area contributed by atoms with Gasteiger partial charge >= 0.3 is 0 Å². The number of nitrogen functional groups attached to an aromatic ring is 1. The Morgan fingerprint density at radius 1 is 1.33 bits per heavy atom. The first-order valence-corrected chi connectivity index (χ1v) is 6.95. The van der Waals surface area contributed by atoms with Crippen molar-refractivity contribution in [1.82, 2.24) is 5.43 Å². The number of amides is 1. The Balaban J connectivity index is 2.39. The molecule has 0 unspecified atom stereocenters. The van der Waals surface area contributed by atoms with E-state index in [0.717, 1.165) is 17.9 Å². The molecule has 5 nitrogen and oxygen atoms in total. The third-order valence-electron chi connectivity index (χ3n) is 2.24. The van der Waals surface area contributed by atoms with Gasteiger partial charge in [0.2, 0.25) is 0 Å². The van der Waals surface area contributed by atoms with Gasteiger partial charge in [0.05, 0.1) is 12.2 Å². The summed E-state index contributed by atoms with van der Waals surface area (Å²) in [5, 5.41) is 0. The first-order chi connectivity index (χ1) is 8.79. The van der Waals surface area contributed by atoms with Crippen molar-refractivity contribution in [2.45, 2.75) is 6.42 Å². The molecular weight excluding hydrogens is 250 g/mol. The van der Waals surface area contributed by atoms with Gasteiger partial charge in [0.15, 0.2) is 0 Å². The highest BCUT2D eigenvalue weighted by atomic mass is 32.2. The largest absolute Gasteiger partial charge is 0.492 e. The quantitative estimate of drug-likeness (QED) is 0.280. The summed E-state index contributed by atoms with van der Waals surface area (Å²) in [4.78, 5) is 11.5. The third kappa shape index (κ3) is 4.95. The highest BCUT2D eigenvalue weighted by molar-refractivity contribution is 7.99. The molecule has 0 spiro atoms. The lowest BCUT2D eigenvalue weighted by Gasteiger charge is -2.10. The first kappa shape index (κ1) is 14.8. The molecule has 6 heteroatoms. The molecule has 0 aliphatic rings. The number of hydrogen-bond acceptors (Lipinski definition) is 5. The van der Waals surface area contributed by atoms with Crippen LogP contribution in [0.5, 0.6) is 5.75 Å². The normalized spacial score (nSPS) is 10.1. The van der Waals surface area contributed by atoms with E-state index in [2.05, 4.69) is 5.43 Å². The second-order valence-corrected chi connectivity index (χ2v) is 4.80. The van der Waals surface area contributed by atoms with E-state index in [1.165, 1.54) is 0 Å². The van der Waals surface area contributed by atoms with Crippen LogP contribution in [0.3, 0.4) is 0 Å². The number of para-hydroxylation sites is 1. The van der Waals surface area contributed by atoms with Crippen LogP contribution in [-0.4, -0.2) is 30.6 Å². The second kappa shape index (κ2) is 8.79. The summed E-state index contributed by atoms with van der Waals surface area (Å²) in [5.41, 5.74) is 7.95. The lowest BCUT2D eigenvalue weighted by molar-refractivity contribution is 0.0950. The maximum Gasteiger partial charge on any atom is 0.268 e. The van der Waals surface area contributed by atoms with Crippen molar-refractivity contribution in [3.8, 4) is 5.75 Å². The molecule has 100 valence electrons. The molecule has 5 N–H and O–H groups in total. The second-order valence-electron chi connectivity index (χ2n) is 3.57. The number of carbonyl (C=O) groups excluding carboxylic acids is 1. The van der Waals surface area contributed by atoms with Gasteiger partial charge in [0.1, 0.15) is 5.75 Å². The molecule has 0 fully saturated rings. The van der Waals surface area contributed by atoms with Gasteiger partial charge in [-0.2, -0.15) is 11.8 Å². The Hall–Kier alpha value is -1.24. The lowest BCUT2D eigenvalue weighted by atomic mass is 10.2. The average Bonchev–Trinajstić information content (AvgIpc) is 2.42. The van der Waals surface area contributed by atoms with Crippen LogP contribution < -0.4 is 21.7 Å². The molecule has 0 saturated heterocycles. The van der Waals surface area contributed by atoms with Gasteiger partial charge in [-0.1, -0.05) is 12.1 Å². The Morgan fingerprint density at radius 2 is 2.11 bits per heavy atom. The van der Waals surface area contributed by atoms with Gasteiger partial charge in [-0.25, -0.2) is 5.84 Å². The number of carbonyl (C=O) groups is 1. The first-order valence-electron chi connectivity index (χ1n) is 5.80. The van der Waals surface area contributed by atoms with Crippen molar-refractivity contribution >= 4 is 17.7 Å². The summed E-state index contributed by atoms with van der Waals surface area (Å²) in [7, 11) is 0. The van der Waals surface area contributed by atoms with E-state index in [0.29, 0.717) is 24.5 Å². The molecule has 0 radical (unpaired) electrons. The molecule has 1 rings (SSSR count). The fourth-order valence-electron chi connectivity index (χ4n) is 1.36. The van der Waals surface area contributed by atoms with Gasteiger partial charge in [-0.3, -0.25) is 10.2 Å². The number of hydrazine groups is 1. The van der Waals surface area contributed by atoms with Crippen LogP contribution in [0.2, 0.25) is 0 Å². The van der Waals surface area contributed by atoms with Crippen LogP contribution in [-0.2, 0) is 0 Å². The van der Waals surface area contributed by atoms with Crippen molar-refractivity contribution in [2.75, 3.05) is 24.7 Å². The van der Waals surface area contributed by atoms with Crippen molar-refractivity contribution < 1.29 is 9.53 Å². The molecule has 0 bridgehead atoms. The number of nitrogens with one attached hydrogen (secondary N) is 1. The van der Waals surface area contributed by atoms with Crippen LogP contribution in [0.1, 0.15) is 16.8 Å². The average molecular weight is 269 g/mol. The van der Waals surface area contributed by atoms with E-state index in [9.17, 15) is 4.79 Å². The summed E-state index contributed by atoms with van der Waals surface area (Å²) < 4.78 is 5.57. The molecule has 18 heavy (non-hydrogen) atoms. The fourth-order valence-corrected chi connectivity index (χ4v) is 2.13. The minimum Gasteiger partial charge on any atom is -0.492 e. The van der Waals surface area contributed by atoms with Gasteiger partial charge in [0.25, 0.3) is 5.91 Å². The fraction of sp³-hybridized carbons (Fsp3) is 0.417. The number of nitrogens with two attached hydrogens (primary N) is 2. The standard InChI is InChI=1S/C12H19N3O2S/c13-6-3-8-18-9-7-17-11-5-2-1-4-10(11)12(16)15-14/h1-2,4-5H,3,6-9,13-14H2,(H,15,16). The van der Waals surface area contributed by atoms with E-state index < -0.39 is 0 Å². The molecule has 0 aliphatic carbocycles. The zero-order valence-corrected chi connectivity index (χ0v) is 11.0. The maximum atomic E-state index is 11.5. The maximum absolute atomic E-state index is 11.5.